The lowest BCUT2D eigenvalue weighted by Gasteiger charge is -2.53. The molecule has 4 atom stereocenters. The lowest BCUT2D eigenvalue weighted by atomic mass is 9.71. The summed E-state index contributed by atoms with van der Waals surface area (Å²) >= 11 is 0. The molecule has 186 valence electrons. The van der Waals surface area contributed by atoms with Crippen molar-refractivity contribution in [2.24, 2.45) is 5.92 Å². The standard InChI is InChI=1S/C20H33N5O8/c1-11(2)14(28)20(17(31)19(4,25-20)18(32)23-10-27)24-13(16(30)22-7-9-33-5)12(3)15(29)21-6-8-26/h12-13,24-27H,1,6-10H2,2-5H3,(H,21,29)(H,22,30)(H,23,32). The summed E-state index contributed by atoms with van der Waals surface area (Å²) in [6.45, 7) is 6.68. The highest BCUT2D eigenvalue weighted by Crippen LogP contribution is 2.32. The summed E-state index contributed by atoms with van der Waals surface area (Å²) < 4.78 is 4.89. The Kier molecular flexibility index (Phi) is 10.3. The van der Waals surface area contributed by atoms with Gasteiger partial charge in [0, 0.05) is 20.2 Å². The van der Waals surface area contributed by atoms with Gasteiger partial charge in [0.1, 0.15) is 12.8 Å². The molecule has 13 heteroatoms. The average molecular weight is 472 g/mol. The molecule has 3 amide bonds. The van der Waals surface area contributed by atoms with Crippen LogP contribution in [-0.2, 0) is 28.7 Å². The van der Waals surface area contributed by atoms with Crippen LogP contribution in [0.15, 0.2) is 12.2 Å². The first-order chi connectivity index (χ1) is 15.4. The van der Waals surface area contributed by atoms with Gasteiger partial charge in [0.05, 0.1) is 19.1 Å². The van der Waals surface area contributed by atoms with Crippen molar-refractivity contribution in [1.82, 2.24) is 26.6 Å². The maximum Gasteiger partial charge on any atom is 0.249 e. The largest absolute Gasteiger partial charge is 0.395 e. The Morgan fingerprint density at radius 3 is 2.21 bits per heavy atom. The molecule has 0 bridgehead atoms. The van der Waals surface area contributed by atoms with E-state index in [2.05, 4.69) is 33.2 Å². The molecule has 0 radical (unpaired) electrons. The fourth-order valence-electron chi connectivity index (χ4n) is 3.39. The van der Waals surface area contributed by atoms with Gasteiger partial charge in [-0.15, -0.1) is 0 Å². The molecule has 0 aromatic rings. The predicted molar refractivity (Wildman–Crippen MR) is 115 cm³/mol. The van der Waals surface area contributed by atoms with E-state index < -0.39 is 59.2 Å². The number of ether oxygens (including phenoxy) is 1. The molecule has 1 heterocycles. The number of aliphatic hydroxyl groups excluding tert-OH is 2. The Morgan fingerprint density at radius 1 is 1.12 bits per heavy atom. The van der Waals surface area contributed by atoms with Crippen molar-refractivity contribution in [2.45, 2.75) is 38.0 Å². The molecule has 0 saturated carbocycles. The first kappa shape index (κ1) is 28.3. The van der Waals surface area contributed by atoms with E-state index in [1.807, 2.05) is 0 Å². The summed E-state index contributed by atoms with van der Waals surface area (Å²) in [7, 11) is 1.43. The van der Waals surface area contributed by atoms with E-state index in [0.717, 1.165) is 0 Å². The Hall–Kier alpha value is -2.71. The van der Waals surface area contributed by atoms with Crippen molar-refractivity contribution in [3.8, 4) is 0 Å². The summed E-state index contributed by atoms with van der Waals surface area (Å²) in [6, 6.07) is -1.40. The fraction of sp³-hybridized carbons (Fsp3) is 0.650. The minimum absolute atomic E-state index is 0.0381. The van der Waals surface area contributed by atoms with E-state index in [9.17, 15) is 24.0 Å². The molecule has 0 spiro atoms. The molecule has 1 fully saturated rings. The van der Waals surface area contributed by atoms with Crippen LogP contribution in [0.2, 0.25) is 0 Å². The number of ketones is 2. The van der Waals surface area contributed by atoms with Gasteiger partial charge in [0.25, 0.3) is 0 Å². The Labute approximate surface area is 191 Å². The second-order valence-electron chi connectivity index (χ2n) is 7.81. The van der Waals surface area contributed by atoms with Gasteiger partial charge < -0.3 is 30.9 Å². The van der Waals surface area contributed by atoms with Gasteiger partial charge in [0.2, 0.25) is 29.3 Å². The quantitative estimate of drug-likeness (QED) is 0.0573. The topological polar surface area (TPSA) is 195 Å². The third-order valence-electron chi connectivity index (χ3n) is 5.24. The van der Waals surface area contributed by atoms with Gasteiger partial charge in [-0.2, -0.15) is 0 Å². The van der Waals surface area contributed by atoms with E-state index in [0.29, 0.717) is 0 Å². The zero-order valence-electron chi connectivity index (χ0n) is 19.2. The molecule has 33 heavy (non-hydrogen) atoms. The molecule has 4 unspecified atom stereocenters. The zero-order chi connectivity index (χ0) is 25.4. The van der Waals surface area contributed by atoms with E-state index in [4.69, 9.17) is 14.9 Å². The SMILES string of the molecule is C=C(C)C(=O)C1(NC(C(=O)NCCOC)C(C)C(=O)NCCO)NC(C)(C(=O)NCO)C1=O. The highest BCUT2D eigenvalue weighted by atomic mass is 16.5. The lowest BCUT2D eigenvalue weighted by molar-refractivity contribution is -0.161. The predicted octanol–water partition coefficient (Wildman–Crippen LogP) is -3.71. The van der Waals surface area contributed by atoms with Crippen molar-refractivity contribution < 1.29 is 38.9 Å². The number of hydrogen-bond acceptors (Lipinski definition) is 10. The Bertz CT molecular complexity index is 803. The van der Waals surface area contributed by atoms with Crippen LogP contribution in [0.25, 0.3) is 0 Å². The van der Waals surface area contributed by atoms with E-state index in [-0.39, 0.29) is 31.9 Å². The zero-order valence-corrected chi connectivity index (χ0v) is 19.2. The van der Waals surface area contributed by atoms with Crippen LogP contribution in [-0.4, -0.2) is 96.9 Å². The number of Topliss-reactive ketones (excluding diaryl/α,β-unsaturated/α-hetero) is 2. The van der Waals surface area contributed by atoms with Gasteiger partial charge in [0.15, 0.2) is 11.2 Å². The molecule has 1 rings (SSSR count). The molecule has 13 nitrogen and oxygen atoms in total. The lowest BCUT2D eigenvalue weighted by Crippen LogP contribution is -2.91. The number of nitrogens with one attached hydrogen (secondary N) is 5. The monoisotopic (exact) mass is 471 g/mol. The summed E-state index contributed by atoms with van der Waals surface area (Å²) in [5.74, 6) is -5.02. The smallest absolute Gasteiger partial charge is 0.249 e. The summed E-state index contributed by atoms with van der Waals surface area (Å²) in [5.41, 5.74) is -4.12. The second-order valence-corrected chi connectivity index (χ2v) is 7.81. The summed E-state index contributed by atoms with van der Waals surface area (Å²) in [4.78, 5) is 63.9. The Morgan fingerprint density at radius 2 is 1.73 bits per heavy atom. The summed E-state index contributed by atoms with van der Waals surface area (Å²) in [5, 5.41) is 30.2. The van der Waals surface area contributed by atoms with Gasteiger partial charge in [-0.25, -0.2) is 0 Å². The van der Waals surface area contributed by atoms with Crippen LogP contribution in [0.4, 0.5) is 0 Å². The maximum absolute atomic E-state index is 13.2. The van der Waals surface area contributed by atoms with Crippen LogP contribution in [0.3, 0.4) is 0 Å². The van der Waals surface area contributed by atoms with Crippen molar-refractivity contribution in [2.75, 3.05) is 40.1 Å². The van der Waals surface area contributed by atoms with Crippen molar-refractivity contribution >= 4 is 29.3 Å². The molecule has 0 aliphatic carbocycles. The van der Waals surface area contributed by atoms with Crippen LogP contribution in [0.1, 0.15) is 20.8 Å². The number of aliphatic hydroxyl groups is 2. The van der Waals surface area contributed by atoms with Gasteiger partial charge in [-0.3, -0.25) is 34.6 Å². The normalized spacial score (nSPS) is 23.6. The molecular weight excluding hydrogens is 438 g/mol. The third-order valence-corrected chi connectivity index (χ3v) is 5.24. The molecule has 1 aliphatic rings. The van der Waals surface area contributed by atoms with Crippen molar-refractivity contribution in [3.63, 3.8) is 0 Å². The van der Waals surface area contributed by atoms with Gasteiger partial charge >= 0.3 is 0 Å². The molecule has 0 aromatic carbocycles. The van der Waals surface area contributed by atoms with Crippen LogP contribution < -0.4 is 26.6 Å². The Balaban J connectivity index is 3.34. The molecule has 7 N–H and O–H groups in total. The van der Waals surface area contributed by atoms with Crippen LogP contribution in [0.5, 0.6) is 0 Å². The van der Waals surface area contributed by atoms with E-state index in [1.165, 1.54) is 27.9 Å². The second kappa shape index (κ2) is 12.0. The fourth-order valence-corrected chi connectivity index (χ4v) is 3.39. The first-order valence-corrected chi connectivity index (χ1v) is 10.3. The number of amides is 3. The highest BCUT2D eigenvalue weighted by Gasteiger charge is 2.69. The number of methoxy groups -OCH3 is 1. The molecule has 0 aromatic heterocycles. The summed E-state index contributed by atoms with van der Waals surface area (Å²) in [6.07, 6.45) is 0. The van der Waals surface area contributed by atoms with Gasteiger partial charge in [-0.05, 0) is 19.4 Å². The highest BCUT2D eigenvalue weighted by molar-refractivity contribution is 6.31. The van der Waals surface area contributed by atoms with Gasteiger partial charge in [-0.1, -0.05) is 13.5 Å². The minimum atomic E-state index is -2.21. The van der Waals surface area contributed by atoms with E-state index >= 15 is 0 Å². The van der Waals surface area contributed by atoms with Crippen molar-refractivity contribution in [3.05, 3.63) is 12.2 Å². The third kappa shape index (κ3) is 6.00. The number of rotatable bonds is 14. The molecular formula is C20H33N5O8. The molecule has 1 saturated heterocycles. The number of hydrogen-bond donors (Lipinski definition) is 7. The van der Waals surface area contributed by atoms with Crippen LogP contribution >= 0.6 is 0 Å². The van der Waals surface area contributed by atoms with Crippen LogP contribution in [0, 0.1) is 5.92 Å². The first-order valence-electron chi connectivity index (χ1n) is 10.3. The minimum Gasteiger partial charge on any atom is -0.395 e. The number of carbonyl (C=O) groups excluding carboxylic acids is 5. The van der Waals surface area contributed by atoms with E-state index in [1.54, 1.807) is 0 Å². The average Bonchev–Trinajstić information content (AvgIpc) is 2.78. The molecule has 1 aliphatic heterocycles. The maximum atomic E-state index is 13.2. The van der Waals surface area contributed by atoms with Crippen molar-refractivity contribution in [1.29, 1.82) is 0 Å². The number of carbonyl (C=O) groups is 5.